The lowest BCUT2D eigenvalue weighted by Gasteiger charge is -2.08. The number of nitrogens with one attached hydrogen (secondary N) is 2. The molecular weight excluding hydrogens is 405 g/mol. The molecular formula is C22H25ClFN5O. The van der Waals surface area contributed by atoms with Crippen LogP contribution >= 0.6 is 11.6 Å². The molecule has 0 saturated carbocycles. The van der Waals surface area contributed by atoms with Crippen molar-refractivity contribution in [3.05, 3.63) is 76.6 Å². The summed E-state index contributed by atoms with van der Waals surface area (Å²) in [5.41, 5.74) is 2.26. The second-order valence-corrected chi connectivity index (χ2v) is 7.29. The van der Waals surface area contributed by atoms with Gasteiger partial charge in [-0.1, -0.05) is 24.3 Å². The van der Waals surface area contributed by atoms with Gasteiger partial charge in [0.25, 0.3) is 0 Å². The SMILES string of the molecule is Oc1ccc(CCNCc2nc(Cl)nc(NCCCCc3ccc(F)cc3)n2)cc1. The molecule has 0 aliphatic heterocycles. The maximum atomic E-state index is 12.9. The third kappa shape index (κ3) is 7.57. The normalized spacial score (nSPS) is 10.9. The van der Waals surface area contributed by atoms with Crippen molar-refractivity contribution in [1.82, 2.24) is 20.3 Å². The molecule has 8 heteroatoms. The van der Waals surface area contributed by atoms with Gasteiger partial charge in [0.05, 0.1) is 6.54 Å². The van der Waals surface area contributed by atoms with E-state index in [2.05, 4.69) is 25.6 Å². The Morgan fingerprint density at radius 3 is 2.30 bits per heavy atom. The zero-order valence-corrected chi connectivity index (χ0v) is 17.4. The minimum absolute atomic E-state index is 0.161. The molecule has 0 atom stereocenters. The van der Waals surface area contributed by atoms with Gasteiger partial charge in [0.2, 0.25) is 11.2 Å². The van der Waals surface area contributed by atoms with Crippen molar-refractivity contribution in [2.45, 2.75) is 32.2 Å². The molecule has 158 valence electrons. The number of aryl methyl sites for hydroxylation is 1. The number of rotatable bonds is 11. The highest BCUT2D eigenvalue weighted by atomic mass is 35.5. The summed E-state index contributed by atoms with van der Waals surface area (Å²) in [4.78, 5) is 12.7. The standard InChI is InChI=1S/C22H25ClFN5O/c23-21-27-20(15-25-14-12-17-6-10-19(30)11-7-17)28-22(29-21)26-13-2-1-3-16-4-8-18(24)9-5-16/h4-11,25,30H,1-3,12-15H2,(H,26,27,28,29). The van der Waals surface area contributed by atoms with Crippen molar-refractivity contribution in [2.24, 2.45) is 0 Å². The third-order valence-corrected chi connectivity index (χ3v) is 4.72. The van der Waals surface area contributed by atoms with Gasteiger partial charge < -0.3 is 15.7 Å². The van der Waals surface area contributed by atoms with Gasteiger partial charge in [-0.15, -0.1) is 0 Å². The van der Waals surface area contributed by atoms with Gasteiger partial charge in [0.15, 0.2) is 0 Å². The first-order valence-corrected chi connectivity index (χ1v) is 10.3. The lowest BCUT2D eigenvalue weighted by molar-refractivity contribution is 0.475. The van der Waals surface area contributed by atoms with Crippen molar-refractivity contribution in [3.8, 4) is 5.75 Å². The number of aromatic nitrogens is 3. The van der Waals surface area contributed by atoms with Crippen LogP contribution in [0.5, 0.6) is 5.75 Å². The van der Waals surface area contributed by atoms with E-state index in [9.17, 15) is 9.50 Å². The maximum Gasteiger partial charge on any atom is 0.227 e. The van der Waals surface area contributed by atoms with E-state index in [1.165, 1.54) is 12.1 Å². The Morgan fingerprint density at radius 1 is 0.833 bits per heavy atom. The molecule has 2 aromatic carbocycles. The Labute approximate surface area is 180 Å². The minimum Gasteiger partial charge on any atom is -0.508 e. The quantitative estimate of drug-likeness (QED) is 0.397. The molecule has 1 aromatic heterocycles. The fourth-order valence-electron chi connectivity index (χ4n) is 2.95. The molecule has 0 aliphatic rings. The van der Waals surface area contributed by atoms with Gasteiger partial charge >= 0.3 is 0 Å². The number of nitrogens with zero attached hydrogens (tertiary/aromatic N) is 3. The average molecular weight is 430 g/mol. The van der Waals surface area contributed by atoms with Crippen LogP contribution in [0, 0.1) is 5.82 Å². The number of aromatic hydroxyl groups is 1. The Hall–Kier alpha value is -2.77. The fraction of sp³-hybridized carbons (Fsp3) is 0.318. The molecule has 0 amide bonds. The predicted molar refractivity (Wildman–Crippen MR) is 116 cm³/mol. The van der Waals surface area contributed by atoms with Crippen LogP contribution in [0.2, 0.25) is 5.28 Å². The first-order valence-electron chi connectivity index (χ1n) is 9.96. The van der Waals surface area contributed by atoms with E-state index < -0.39 is 0 Å². The van der Waals surface area contributed by atoms with E-state index >= 15 is 0 Å². The molecule has 0 spiro atoms. The fourth-order valence-corrected chi connectivity index (χ4v) is 3.13. The smallest absolute Gasteiger partial charge is 0.227 e. The first-order chi connectivity index (χ1) is 14.6. The van der Waals surface area contributed by atoms with E-state index in [0.717, 1.165) is 49.9 Å². The molecule has 0 radical (unpaired) electrons. The molecule has 30 heavy (non-hydrogen) atoms. The number of benzene rings is 2. The van der Waals surface area contributed by atoms with Crippen LogP contribution < -0.4 is 10.6 Å². The summed E-state index contributed by atoms with van der Waals surface area (Å²) in [6.45, 7) is 1.95. The number of unbranched alkanes of at least 4 members (excludes halogenated alkanes) is 1. The van der Waals surface area contributed by atoms with E-state index in [1.54, 1.807) is 12.1 Å². The Balaban J connectivity index is 1.37. The zero-order valence-electron chi connectivity index (χ0n) is 16.6. The summed E-state index contributed by atoms with van der Waals surface area (Å²) in [5, 5.41) is 15.9. The van der Waals surface area contributed by atoms with Crippen LogP contribution in [-0.2, 0) is 19.4 Å². The van der Waals surface area contributed by atoms with E-state index in [0.29, 0.717) is 18.3 Å². The Bertz CT molecular complexity index is 922. The topological polar surface area (TPSA) is 83.0 Å². The predicted octanol–water partition coefficient (Wildman–Crippen LogP) is 4.14. The summed E-state index contributed by atoms with van der Waals surface area (Å²) < 4.78 is 12.9. The summed E-state index contributed by atoms with van der Waals surface area (Å²) in [5.74, 6) is 1.10. The largest absolute Gasteiger partial charge is 0.508 e. The molecule has 6 nitrogen and oxygen atoms in total. The molecule has 0 saturated heterocycles. The molecule has 3 aromatic rings. The van der Waals surface area contributed by atoms with E-state index in [1.807, 2.05) is 24.3 Å². The van der Waals surface area contributed by atoms with Crippen LogP contribution in [0.4, 0.5) is 10.3 Å². The van der Waals surface area contributed by atoms with Gasteiger partial charge in [-0.05, 0) is 79.2 Å². The molecule has 3 N–H and O–H groups in total. The lowest BCUT2D eigenvalue weighted by Crippen LogP contribution is -2.19. The molecule has 3 rings (SSSR count). The van der Waals surface area contributed by atoms with E-state index in [4.69, 9.17) is 11.6 Å². The van der Waals surface area contributed by atoms with Crippen LogP contribution in [-0.4, -0.2) is 33.1 Å². The molecule has 0 unspecified atom stereocenters. The number of anilines is 1. The Morgan fingerprint density at radius 2 is 1.53 bits per heavy atom. The second-order valence-electron chi connectivity index (χ2n) is 6.95. The van der Waals surface area contributed by atoms with E-state index in [-0.39, 0.29) is 16.9 Å². The summed E-state index contributed by atoms with van der Waals surface area (Å²) in [6, 6.07) is 13.8. The Kier molecular flexibility index (Phi) is 8.35. The van der Waals surface area contributed by atoms with Crippen molar-refractivity contribution < 1.29 is 9.50 Å². The molecule has 0 aliphatic carbocycles. The van der Waals surface area contributed by atoms with Crippen molar-refractivity contribution in [3.63, 3.8) is 0 Å². The lowest BCUT2D eigenvalue weighted by atomic mass is 10.1. The third-order valence-electron chi connectivity index (χ3n) is 4.55. The summed E-state index contributed by atoms with van der Waals surface area (Å²) in [7, 11) is 0. The van der Waals surface area contributed by atoms with Crippen molar-refractivity contribution in [2.75, 3.05) is 18.4 Å². The van der Waals surface area contributed by atoms with Crippen LogP contribution in [0.15, 0.2) is 48.5 Å². The van der Waals surface area contributed by atoms with Crippen molar-refractivity contribution in [1.29, 1.82) is 0 Å². The van der Waals surface area contributed by atoms with Crippen molar-refractivity contribution >= 4 is 17.5 Å². The van der Waals surface area contributed by atoms with Gasteiger partial charge in [-0.3, -0.25) is 0 Å². The van der Waals surface area contributed by atoms with Gasteiger partial charge in [-0.25, -0.2) is 9.37 Å². The maximum absolute atomic E-state index is 12.9. The highest BCUT2D eigenvalue weighted by Gasteiger charge is 2.05. The number of halogens is 2. The van der Waals surface area contributed by atoms with Crippen LogP contribution in [0.3, 0.4) is 0 Å². The monoisotopic (exact) mass is 429 g/mol. The highest BCUT2D eigenvalue weighted by Crippen LogP contribution is 2.11. The second kappa shape index (κ2) is 11.4. The number of hydrogen-bond donors (Lipinski definition) is 3. The number of phenolic OH excluding ortho intramolecular Hbond substituents is 1. The molecule has 0 fully saturated rings. The first kappa shape index (κ1) is 21.9. The number of phenols is 1. The van der Waals surface area contributed by atoms with Gasteiger partial charge in [0, 0.05) is 6.54 Å². The van der Waals surface area contributed by atoms with Gasteiger partial charge in [0.1, 0.15) is 17.4 Å². The zero-order chi connectivity index (χ0) is 21.2. The van der Waals surface area contributed by atoms with Crippen LogP contribution in [0.25, 0.3) is 0 Å². The molecule has 1 heterocycles. The van der Waals surface area contributed by atoms with Crippen LogP contribution in [0.1, 0.15) is 29.8 Å². The molecule has 0 bridgehead atoms. The summed E-state index contributed by atoms with van der Waals surface area (Å²) in [6.07, 6.45) is 3.64. The minimum atomic E-state index is -0.210. The number of hydrogen-bond acceptors (Lipinski definition) is 6. The highest BCUT2D eigenvalue weighted by molar-refractivity contribution is 6.28. The average Bonchev–Trinajstić information content (AvgIpc) is 2.73. The summed E-state index contributed by atoms with van der Waals surface area (Å²) >= 11 is 6.02. The van der Waals surface area contributed by atoms with Gasteiger partial charge in [-0.2, -0.15) is 9.97 Å².